The fourth-order valence-corrected chi connectivity index (χ4v) is 2.69. The average Bonchev–Trinajstić information content (AvgIpc) is 3.06. The van der Waals surface area contributed by atoms with Gasteiger partial charge in [-0.05, 0) is 36.8 Å². The van der Waals surface area contributed by atoms with Crippen molar-refractivity contribution in [3.05, 3.63) is 65.6 Å². The molecule has 140 valence electrons. The molecule has 1 aromatic carbocycles. The van der Waals surface area contributed by atoms with Gasteiger partial charge in [-0.25, -0.2) is 4.98 Å². The number of carbonyl (C=O) groups excluding carboxylic acids is 1. The van der Waals surface area contributed by atoms with Gasteiger partial charge in [0.05, 0.1) is 12.1 Å². The number of amides is 1. The Kier molecular flexibility index (Phi) is 5.40. The van der Waals surface area contributed by atoms with Crippen molar-refractivity contribution in [1.29, 1.82) is 0 Å². The molecule has 3 rings (SSSR count). The highest BCUT2D eigenvalue weighted by Crippen LogP contribution is 2.17. The summed E-state index contributed by atoms with van der Waals surface area (Å²) in [7, 11) is 1.58. The molecule has 0 saturated heterocycles. The van der Waals surface area contributed by atoms with E-state index in [1.54, 1.807) is 31.3 Å². The second-order valence-corrected chi connectivity index (χ2v) is 6.39. The minimum Gasteiger partial charge on any atom is -0.487 e. The van der Waals surface area contributed by atoms with Crippen molar-refractivity contribution < 1.29 is 19.4 Å². The number of aromatic nitrogens is 2. The van der Waals surface area contributed by atoms with Gasteiger partial charge in [0.25, 0.3) is 5.91 Å². The predicted molar refractivity (Wildman–Crippen MR) is 99.9 cm³/mol. The van der Waals surface area contributed by atoms with E-state index >= 15 is 0 Å². The van der Waals surface area contributed by atoms with Crippen LogP contribution in [0.4, 0.5) is 0 Å². The van der Waals surface area contributed by atoms with Crippen LogP contribution in [0.1, 0.15) is 28.0 Å². The van der Waals surface area contributed by atoms with Crippen LogP contribution in [0.25, 0.3) is 5.65 Å². The van der Waals surface area contributed by atoms with E-state index in [4.69, 9.17) is 9.84 Å². The Labute approximate surface area is 156 Å². The lowest BCUT2D eigenvalue weighted by molar-refractivity contribution is -0.137. The summed E-state index contributed by atoms with van der Waals surface area (Å²) in [5.41, 5.74) is 3.23. The van der Waals surface area contributed by atoms with E-state index in [9.17, 15) is 9.59 Å². The first-order chi connectivity index (χ1) is 12.9. The highest BCUT2D eigenvalue weighted by atomic mass is 16.5. The van der Waals surface area contributed by atoms with E-state index in [0.29, 0.717) is 11.3 Å². The summed E-state index contributed by atoms with van der Waals surface area (Å²) in [5, 5.41) is 8.74. The molecule has 0 saturated carbocycles. The third-order valence-corrected chi connectivity index (χ3v) is 4.12. The van der Waals surface area contributed by atoms with E-state index in [0.717, 1.165) is 16.9 Å². The fraction of sp³-hybridized carbons (Fsp3) is 0.250. The molecule has 0 radical (unpaired) electrons. The summed E-state index contributed by atoms with van der Waals surface area (Å²) in [6.07, 6.45) is 3.82. The maximum Gasteiger partial charge on any atom is 0.305 e. The van der Waals surface area contributed by atoms with Gasteiger partial charge in [0.1, 0.15) is 18.0 Å². The first-order valence-corrected chi connectivity index (χ1v) is 8.57. The topological polar surface area (TPSA) is 84.1 Å². The van der Waals surface area contributed by atoms with Crippen LogP contribution in [-0.2, 0) is 11.4 Å². The van der Waals surface area contributed by atoms with Gasteiger partial charge in [-0.3, -0.25) is 9.59 Å². The second-order valence-electron chi connectivity index (χ2n) is 6.39. The van der Waals surface area contributed by atoms with E-state index in [2.05, 4.69) is 4.98 Å². The number of hydrogen-bond donors (Lipinski definition) is 1. The second kappa shape index (κ2) is 7.90. The van der Waals surface area contributed by atoms with Crippen molar-refractivity contribution >= 4 is 17.5 Å². The van der Waals surface area contributed by atoms with E-state index in [1.165, 1.54) is 4.90 Å². The number of nitrogens with zero attached hydrogens (tertiary/aromatic N) is 3. The normalized spacial score (nSPS) is 10.7. The van der Waals surface area contributed by atoms with Crippen LogP contribution in [0, 0.1) is 6.92 Å². The highest BCUT2D eigenvalue weighted by molar-refractivity contribution is 5.94. The van der Waals surface area contributed by atoms with Gasteiger partial charge in [0.15, 0.2) is 0 Å². The number of pyridine rings is 1. The van der Waals surface area contributed by atoms with Crippen LogP contribution >= 0.6 is 0 Å². The third kappa shape index (κ3) is 4.63. The SMILES string of the molecule is Cc1ccc2nc(COc3cccc(C(=O)N(C)CCC(=O)O)c3)cn2c1. The van der Waals surface area contributed by atoms with Crippen molar-refractivity contribution in [2.24, 2.45) is 0 Å². The Morgan fingerprint density at radius 1 is 1.22 bits per heavy atom. The highest BCUT2D eigenvalue weighted by Gasteiger charge is 2.13. The maximum absolute atomic E-state index is 12.4. The Morgan fingerprint density at radius 2 is 2.04 bits per heavy atom. The molecule has 27 heavy (non-hydrogen) atoms. The van der Waals surface area contributed by atoms with Crippen LogP contribution in [0.5, 0.6) is 5.75 Å². The summed E-state index contributed by atoms with van der Waals surface area (Å²) in [6.45, 7) is 2.46. The lowest BCUT2D eigenvalue weighted by Gasteiger charge is -2.16. The zero-order valence-corrected chi connectivity index (χ0v) is 15.3. The standard InChI is InChI=1S/C20H21N3O4/c1-14-6-7-18-21-16(12-23(18)11-14)13-27-17-5-3-4-15(10-17)20(26)22(2)9-8-19(24)25/h3-7,10-12H,8-9,13H2,1-2H3,(H,24,25). The summed E-state index contributed by atoms with van der Waals surface area (Å²) < 4.78 is 7.73. The van der Waals surface area contributed by atoms with Crippen LogP contribution in [0.15, 0.2) is 48.8 Å². The van der Waals surface area contributed by atoms with Crippen LogP contribution in [0.3, 0.4) is 0 Å². The number of aryl methyl sites for hydroxylation is 1. The first kappa shape index (κ1) is 18.4. The van der Waals surface area contributed by atoms with E-state index < -0.39 is 5.97 Å². The Hall–Kier alpha value is -3.35. The minimum atomic E-state index is -0.936. The van der Waals surface area contributed by atoms with Crippen molar-refractivity contribution in [3.8, 4) is 5.75 Å². The number of imidazole rings is 1. The Bertz CT molecular complexity index is 980. The summed E-state index contributed by atoms with van der Waals surface area (Å²) in [4.78, 5) is 28.9. The molecule has 2 heterocycles. The summed E-state index contributed by atoms with van der Waals surface area (Å²) in [6, 6.07) is 10.8. The molecule has 1 amide bonds. The Morgan fingerprint density at radius 3 is 2.81 bits per heavy atom. The van der Waals surface area contributed by atoms with E-state index in [-0.39, 0.29) is 25.5 Å². The molecule has 0 spiro atoms. The molecule has 0 fully saturated rings. The zero-order valence-electron chi connectivity index (χ0n) is 15.3. The van der Waals surface area contributed by atoms with Crippen molar-refractivity contribution in [1.82, 2.24) is 14.3 Å². The largest absolute Gasteiger partial charge is 0.487 e. The molecule has 0 aliphatic heterocycles. The van der Waals surface area contributed by atoms with Crippen LogP contribution < -0.4 is 4.74 Å². The lowest BCUT2D eigenvalue weighted by atomic mass is 10.2. The number of rotatable bonds is 7. The molecule has 7 nitrogen and oxygen atoms in total. The van der Waals surface area contributed by atoms with Crippen LogP contribution in [0.2, 0.25) is 0 Å². The van der Waals surface area contributed by atoms with Gasteiger partial charge in [-0.15, -0.1) is 0 Å². The number of benzene rings is 1. The molecule has 2 aromatic heterocycles. The van der Waals surface area contributed by atoms with Gasteiger partial charge >= 0.3 is 5.97 Å². The maximum atomic E-state index is 12.4. The first-order valence-electron chi connectivity index (χ1n) is 8.57. The molecule has 0 atom stereocenters. The molecular formula is C20H21N3O4. The number of fused-ring (bicyclic) bond motifs is 1. The monoisotopic (exact) mass is 367 g/mol. The molecule has 7 heteroatoms. The molecular weight excluding hydrogens is 346 g/mol. The van der Waals surface area contributed by atoms with E-state index in [1.807, 2.05) is 35.9 Å². The van der Waals surface area contributed by atoms with Gasteiger partial charge in [-0.1, -0.05) is 12.1 Å². The lowest BCUT2D eigenvalue weighted by Crippen LogP contribution is -2.29. The number of hydrogen-bond acceptors (Lipinski definition) is 4. The molecule has 1 N–H and O–H groups in total. The molecule has 0 aliphatic carbocycles. The number of carbonyl (C=O) groups is 2. The van der Waals surface area contributed by atoms with Crippen molar-refractivity contribution in [2.45, 2.75) is 20.0 Å². The summed E-state index contributed by atoms with van der Waals surface area (Å²) >= 11 is 0. The molecule has 3 aromatic rings. The van der Waals surface area contributed by atoms with Gasteiger partial charge in [-0.2, -0.15) is 0 Å². The fourth-order valence-electron chi connectivity index (χ4n) is 2.69. The minimum absolute atomic E-state index is 0.0915. The molecule has 0 bridgehead atoms. The quantitative estimate of drug-likeness (QED) is 0.694. The van der Waals surface area contributed by atoms with Gasteiger partial charge in [0.2, 0.25) is 0 Å². The predicted octanol–water partition coefficient (Wildman–Crippen LogP) is 2.77. The number of carboxylic acids is 1. The zero-order chi connectivity index (χ0) is 19.4. The number of carboxylic acid groups (broad SMARTS) is 1. The van der Waals surface area contributed by atoms with Crippen LogP contribution in [-0.4, -0.2) is 44.9 Å². The number of aliphatic carboxylic acids is 1. The van der Waals surface area contributed by atoms with Gasteiger partial charge < -0.3 is 19.1 Å². The van der Waals surface area contributed by atoms with Gasteiger partial charge in [0, 0.05) is 31.5 Å². The molecule has 0 unspecified atom stereocenters. The average molecular weight is 367 g/mol. The van der Waals surface area contributed by atoms with Crippen molar-refractivity contribution in [2.75, 3.05) is 13.6 Å². The summed E-state index contributed by atoms with van der Waals surface area (Å²) in [5.74, 6) is -0.625. The molecule has 0 aliphatic rings. The van der Waals surface area contributed by atoms with Crippen molar-refractivity contribution in [3.63, 3.8) is 0 Å². The number of ether oxygens (including phenoxy) is 1. The smallest absolute Gasteiger partial charge is 0.305 e. The Balaban J connectivity index is 1.66. The third-order valence-electron chi connectivity index (χ3n) is 4.12.